The van der Waals surface area contributed by atoms with Gasteiger partial charge in [0.2, 0.25) is 0 Å². The molecule has 1 aromatic heterocycles. The zero-order valence-electron chi connectivity index (χ0n) is 9.50. The Hall–Kier alpha value is -1.95. The number of nitrogen functional groups attached to an aromatic ring is 1. The molecule has 1 aromatic carbocycles. The third kappa shape index (κ3) is 3.51. The molecular weight excluding hydrogens is 279 g/mol. The van der Waals surface area contributed by atoms with Gasteiger partial charge in [0.1, 0.15) is 5.82 Å². The Labute approximate surface area is 112 Å². The Kier molecular flexibility index (Phi) is 3.53. The van der Waals surface area contributed by atoms with Crippen molar-refractivity contribution >= 4 is 28.8 Å². The van der Waals surface area contributed by atoms with Crippen molar-refractivity contribution in [3.05, 3.63) is 47.1 Å². The molecule has 0 amide bonds. The van der Waals surface area contributed by atoms with Crippen LogP contribution in [0.25, 0.3) is 0 Å². The van der Waals surface area contributed by atoms with Crippen molar-refractivity contribution in [3.8, 4) is 0 Å². The van der Waals surface area contributed by atoms with Crippen LogP contribution in [0.4, 0.5) is 30.4 Å². The number of rotatable bonds is 2. The van der Waals surface area contributed by atoms with Gasteiger partial charge in [0.15, 0.2) is 0 Å². The molecule has 0 aliphatic carbocycles. The van der Waals surface area contributed by atoms with Gasteiger partial charge in [0.25, 0.3) is 0 Å². The van der Waals surface area contributed by atoms with Gasteiger partial charge >= 0.3 is 6.18 Å². The van der Waals surface area contributed by atoms with E-state index in [-0.39, 0.29) is 10.7 Å². The molecule has 0 radical (unpaired) electrons. The molecule has 19 heavy (non-hydrogen) atoms. The molecule has 0 aliphatic heterocycles. The van der Waals surface area contributed by atoms with Crippen LogP contribution in [0, 0.1) is 0 Å². The fourth-order valence-electron chi connectivity index (χ4n) is 1.47. The number of hydrogen-bond acceptors (Lipinski definition) is 3. The first-order valence-electron chi connectivity index (χ1n) is 5.21. The SMILES string of the molecule is Nc1ccc(Nc2cc(Cl)cc(C(F)(F)F)c2)cn1. The highest BCUT2D eigenvalue weighted by atomic mass is 35.5. The highest BCUT2D eigenvalue weighted by Gasteiger charge is 2.31. The van der Waals surface area contributed by atoms with Crippen LogP contribution in [-0.2, 0) is 6.18 Å². The van der Waals surface area contributed by atoms with E-state index in [9.17, 15) is 13.2 Å². The third-order valence-electron chi connectivity index (χ3n) is 2.30. The van der Waals surface area contributed by atoms with E-state index in [1.54, 1.807) is 6.07 Å². The van der Waals surface area contributed by atoms with E-state index in [0.29, 0.717) is 11.5 Å². The van der Waals surface area contributed by atoms with Gasteiger partial charge in [0.05, 0.1) is 17.4 Å². The van der Waals surface area contributed by atoms with E-state index < -0.39 is 11.7 Å². The number of anilines is 3. The number of benzene rings is 1. The Bertz CT molecular complexity index is 582. The minimum absolute atomic E-state index is 0.000675. The molecule has 7 heteroatoms. The van der Waals surface area contributed by atoms with Crippen LogP contribution in [0.1, 0.15) is 5.56 Å². The van der Waals surface area contributed by atoms with Gasteiger partial charge in [-0.25, -0.2) is 4.98 Å². The van der Waals surface area contributed by atoms with Gasteiger partial charge < -0.3 is 11.1 Å². The molecule has 0 saturated carbocycles. The first kappa shape index (κ1) is 13.5. The molecule has 1 heterocycles. The fraction of sp³-hybridized carbons (Fsp3) is 0.0833. The largest absolute Gasteiger partial charge is 0.416 e. The summed E-state index contributed by atoms with van der Waals surface area (Å²) >= 11 is 5.67. The number of nitrogens with zero attached hydrogens (tertiary/aromatic N) is 1. The number of halogens is 4. The average molecular weight is 288 g/mol. The summed E-state index contributed by atoms with van der Waals surface area (Å²) < 4.78 is 37.9. The van der Waals surface area contributed by atoms with E-state index in [2.05, 4.69) is 10.3 Å². The Morgan fingerprint density at radius 1 is 1.11 bits per heavy atom. The molecule has 2 aromatic rings. The van der Waals surface area contributed by atoms with Crippen LogP contribution in [0.3, 0.4) is 0 Å². The van der Waals surface area contributed by atoms with E-state index in [4.69, 9.17) is 17.3 Å². The second-order valence-corrected chi connectivity index (χ2v) is 4.26. The number of nitrogens with one attached hydrogen (secondary N) is 1. The first-order valence-corrected chi connectivity index (χ1v) is 5.59. The topological polar surface area (TPSA) is 50.9 Å². The van der Waals surface area contributed by atoms with Crippen LogP contribution >= 0.6 is 11.6 Å². The van der Waals surface area contributed by atoms with Gasteiger partial charge in [-0.3, -0.25) is 0 Å². The summed E-state index contributed by atoms with van der Waals surface area (Å²) in [5.74, 6) is 0.327. The van der Waals surface area contributed by atoms with Crippen LogP contribution in [0.2, 0.25) is 5.02 Å². The number of alkyl halides is 3. The zero-order chi connectivity index (χ0) is 14.0. The monoisotopic (exact) mass is 287 g/mol. The summed E-state index contributed by atoms with van der Waals surface area (Å²) in [6, 6.07) is 6.39. The summed E-state index contributed by atoms with van der Waals surface area (Å²) in [6.45, 7) is 0. The summed E-state index contributed by atoms with van der Waals surface area (Å²) in [5.41, 5.74) is 5.35. The minimum atomic E-state index is -4.44. The zero-order valence-corrected chi connectivity index (χ0v) is 10.3. The van der Waals surface area contributed by atoms with Crippen molar-refractivity contribution < 1.29 is 13.2 Å². The lowest BCUT2D eigenvalue weighted by Gasteiger charge is -2.11. The quantitative estimate of drug-likeness (QED) is 0.875. The van der Waals surface area contributed by atoms with E-state index in [1.165, 1.54) is 18.3 Å². The molecule has 3 nitrogen and oxygen atoms in total. The van der Waals surface area contributed by atoms with Crippen molar-refractivity contribution in [2.75, 3.05) is 11.1 Å². The van der Waals surface area contributed by atoms with Gasteiger partial charge in [-0.15, -0.1) is 0 Å². The Morgan fingerprint density at radius 2 is 1.84 bits per heavy atom. The van der Waals surface area contributed by atoms with E-state index in [1.807, 2.05) is 0 Å². The van der Waals surface area contributed by atoms with E-state index in [0.717, 1.165) is 12.1 Å². The van der Waals surface area contributed by atoms with E-state index >= 15 is 0 Å². The van der Waals surface area contributed by atoms with Gasteiger partial charge in [0, 0.05) is 10.7 Å². The Morgan fingerprint density at radius 3 is 2.42 bits per heavy atom. The summed E-state index contributed by atoms with van der Waals surface area (Å²) in [6.07, 6.45) is -3.02. The first-order chi connectivity index (χ1) is 8.84. The van der Waals surface area contributed by atoms with Crippen LogP contribution < -0.4 is 11.1 Å². The second kappa shape index (κ2) is 4.97. The van der Waals surface area contributed by atoms with Crippen LogP contribution in [-0.4, -0.2) is 4.98 Å². The second-order valence-electron chi connectivity index (χ2n) is 3.82. The van der Waals surface area contributed by atoms with Crippen LogP contribution in [0.5, 0.6) is 0 Å². The lowest BCUT2D eigenvalue weighted by atomic mass is 10.2. The molecule has 0 unspecified atom stereocenters. The number of nitrogens with two attached hydrogens (primary N) is 1. The van der Waals surface area contributed by atoms with Gasteiger partial charge in [-0.2, -0.15) is 13.2 Å². The standard InChI is InChI=1S/C12H9ClF3N3/c13-8-3-7(12(14,15)16)4-10(5-8)19-9-1-2-11(17)18-6-9/h1-6,19H,(H2,17,18). The lowest BCUT2D eigenvalue weighted by molar-refractivity contribution is -0.137. The maximum Gasteiger partial charge on any atom is 0.416 e. The maximum absolute atomic E-state index is 12.6. The summed E-state index contributed by atoms with van der Waals surface area (Å²) in [7, 11) is 0. The fourth-order valence-corrected chi connectivity index (χ4v) is 1.71. The summed E-state index contributed by atoms with van der Waals surface area (Å²) in [5, 5.41) is 2.78. The van der Waals surface area contributed by atoms with Crippen molar-refractivity contribution in [2.24, 2.45) is 0 Å². The molecule has 0 fully saturated rings. The Balaban J connectivity index is 2.30. The van der Waals surface area contributed by atoms with Crippen LogP contribution in [0.15, 0.2) is 36.5 Å². The predicted molar refractivity (Wildman–Crippen MR) is 68.4 cm³/mol. The predicted octanol–water partition coefficient (Wildman–Crippen LogP) is 4.08. The van der Waals surface area contributed by atoms with Crippen molar-refractivity contribution in [2.45, 2.75) is 6.18 Å². The lowest BCUT2D eigenvalue weighted by Crippen LogP contribution is -2.05. The van der Waals surface area contributed by atoms with Crippen molar-refractivity contribution in [1.29, 1.82) is 0 Å². The molecule has 0 aliphatic rings. The maximum atomic E-state index is 12.6. The average Bonchev–Trinajstić information content (AvgIpc) is 2.30. The molecular formula is C12H9ClF3N3. The number of hydrogen-bond donors (Lipinski definition) is 2. The highest BCUT2D eigenvalue weighted by molar-refractivity contribution is 6.31. The molecule has 0 bridgehead atoms. The molecule has 0 atom stereocenters. The number of pyridine rings is 1. The molecule has 3 N–H and O–H groups in total. The third-order valence-corrected chi connectivity index (χ3v) is 2.52. The normalized spacial score (nSPS) is 11.4. The number of aromatic nitrogens is 1. The van der Waals surface area contributed by atoms with Crippen molar-refractivity contribution in [1.82, 2.24) is 4.98 Å². The molecule has 100 valence electrons. The molecule has 0 saturated heterocycles. The smallest absolute Gasteiger partial charge is 0.384 e. The summed E-state index contributed by atoms with van der Waals surface area (Å²) in [4.78, 5) is 3.83. The highest BCUT2D eigenvalue weighted by Crippen LogP contribution is 2.34. The minimum Gasteiger partial charge on any atom is -0.384 e. The van der Waals surface area contributed by atoms with Gasteiger partial charge in [-0.1, -0.05) is 11.6 Å². The van der Waals surface area contributed by atoms with Gasteiger partial charge in [-0.05, 0) is 30.3 Å². The molecule has 2 rings (SSSR count). The van der Waals surface area contributed by atoms with Crippen molar-refractivity contribution in [3.63, 3.8) is 0 Å². The molecule has 0 spiro atoms.